The molecular weight excluding hydrogens is 297 g/mol. The molecule has 1 heterocycles. The highest BCUT2D eigenvalue weighted by atomic mass is 31.2. The van der Waals surface area contributed by atoms with Crippen molar-refractivity contribution in [1.29, 1.82) is 0 Å². The molecule has 1 fully saturated rings. The van der Waals surface area contributed by atoms with E-state index in [0.717, 1.165) is 42.3 Å². The molecule has 3 rings (SSSR count). The molecule has 1 aliphatic heterocycles. The summed E-state index contributed by atoms with van der Waals surface area (Å²) in [7, 11) is -0.299. The fourth-order valence-electron chi connectivity index (χ4n) is 3.30. The Labute approximate surface area is 131 Å². The highest BCUT2D eigenvalue weighted by Crippen LogP contribution is 2.62. The average molecular weight is 319 g/mol. The maximum absolute atomic E-state index is 13.2. The van der Waals surface area contributed by atoms with Gasteiger partial charge in [-0.1, -0.05) is 42.5 Å². The zero-order valence-corrected chi connectivity index (χ0v) is 14.0. The van der Waals surface area contributed by atoms with Crippen LogP contribution < -0.4 is 0 Å². The fraction of sp³-hybridized carbons (Fsp3) is 0.412. The molecule has 0 radical (unpaired) electrons. The Morgan fingerprint density at radius 3 is 2.32 bits per heavy atom. The maximum Gasteiger partial charge on any atom is 0.351 e. The molecule has 0 spiro atoms. The van der Waals surface area contributed by atoms with E-state index in [1.165, 1.54) is 14.2 Å². The van der Waals surface area contributed by atoms with E-state index < -0.39 is 7.60 Å². The van der Waals surface area contributed by atoms with Crippen LogP contribution in [-0.4, -0.2) is 32.2 Å². The Balaban J connectivity index is 2.17. The predicted molar refractivity (Wildman–Crippen MR) is 89.1 cm³/mol. The van der Waals surface area contributed by atoms with Gasteiger partial charge in [0.05, 0.1) is 0 Å². The van der Waals surface area contributed by atoms with Crippen molar-refractivity contribution >= 4 is 18.4 Å². The lowest BCUT2D eigenvalue weighted by atomic mass is 10.0. The van der Waals surface area contributed by atoms with Crippen molar-refractivity contribution in [2.24, 2.45) is 0 Å². The third kappa shape index (κ3) is 2.72. The fourth-order valence-corrected chi connectivity index (χ4v) is 5.05. The van der Waals surface area contributed by atoms with Gasteiger partial charge in [0.1, 0.15) is 5.78 Å². The van der Waals surface area contributed by atoms with Crippen LogP contribution >= 0.6 is 7.60 Å². The minimum atomic E-state index is -3.24. The second-order valence-electron chi connectivity index (χ2n) is 5.59. The summed E-state index contributed by atoms with van der Waals surface area (Å²) in [6.45, 7) is 1.84. The van der Waals surface area contributed by atoms with E-state index in [9.17, 15) is 4.57 Å². The first-order chi connectivity index (χ1) is 10.7. The average Bonchev–Trinajstić information content (AvgIpc) is 3.09. The van der Waals surface area contributed by atoms with Gasteiger partial charge < -0.3 is 9.05 Å². The topological polar surface area (TPSA) is 38.8 Å². The second kappa shape index (κ2) is 6.51. The van der Waals surface area contributed by atoms with Gasteiger partial charge >= 0.3 is 7.60 Å². The quantitative estimate of drug-likeness (QED) is 0.765. The Kier molecular flexibility index (Phi) is 4.65. The molecule has 0 amide bonds. The van der Waals surface area contributed by atoms with Gasteiger partial charge in [-0.3, -0.25) is 9.46 Å². The zero-order valence-electron chi connectivity index (χ0n) is 13.1. The smallest absolute Gasteiger partial charge is 0.311 e. The van der Waals surface area contributed by atoms with Crippen molar-refractivity contribution in [2.45, 2.75) is 18.6 Å². The van der Waals surface area contributed by atoms with Crippen molar-refractivity contribution < 1.29 is 13.6 Å². The minimum Gasteiger partial charge on any atom is -0.311 e. The van der Waals surface area contributed by atoms with Gasteiger partial charge in [-0.05, 0) is 42.3 Å². The normalized spacial score (nSPS) is 17.9. The summed E-state index contributed by atoms with van der Waals surface area (Å²) in [6.07, 6.45) is 2.24. The van der Waals surface area contributed by atoms with E-state index in [0.29, 0.717) is 0 Å². The molecule has 2 aromatic rings. The van der Waals surface area contributed by atoms with E-state index in [-0.39, 0.29) is 5.78 Å². The second-order valence-corrected chi connectivity index (χ2v) is 7.89. The van der Waals surface area contributed by atoms with Crippen molar-refractivity contribution in [1.82, 2.24) is 4.90 Å². The summed E-state index contributed by atoms with van der Waals surface area (Å²) < 4.78 is 23.9. The molecule has 118 valence electrons. The molecule has 2 aromatic carbocycles. The van der Waals surface area contributed by atoms with Gasteiger partial charge in [-0.25, -0.2) is 0 Å². The number of nitrogens with zero attached hydrogens (tertiary/aromatic N) is 1. The van der Waals surface area contributed by atoms with E-state index in [2.05, 4.69) is 23.1 Å². The van der Waals surface area contributed by atoms with Crippen LogP contribution in [0.3, 0.4) is 0 Å². The van der Waals surface area contributed by atoms with Crippen LogP contribution in [0.15, 0.2) is 42.5 Å². The number of hydrogen-bond acceptors (Lipinski definition) is 4. The molecule has 22 heavy (non-hydrogen) atoms. The van der Waals surface area contributed by atoms with E-state index >= 15 is 0 Å². The van der Waals surface area contributed by atoms with Gasteiger partial charge in [-0.15, -0.1) is 0 Å². The monoisotopic (exact) mass is 319 g/mol. The lowest BCUT2D eigenvalue weighted by Crippen LogP contribution is -2.26. The maximum atomic E-state index is 13.2. The Morgan fingerprint density at radius 2 is 1.64 bits per heavy atom. The predicted octanol–water partition coefficient (Wildman–Crippen LogP) is 4.42. The van der Waals surface area contributed by atoms with Crippen LogP contribution in [0.1, 0.15) is 24.2 Å². The number of hydrogen-bond donors (Lipinski definition) is 0. The van der Waals surface area contributed by atoms with Crippen LogP contribution in [0.2, 0.25) is 0 Å². The number of fused-ring (bicyclic) bond motifs is 1. The largest absolute Gasteiger partial charge is 0.351 e. The molecule has 0 aliphatic carbocycles. The molecule has 5 heteroatoms. The van der Waals surface area contributed by atoms with E-state index in [4.69, 9.17) is 9.05 Å². The van der Waals surface area contributed by atoms with Crippen LogP contribution in [-0.2, 0) is 13.6 Å². The Morgan fingerprint density at radius 1 is 1.00 bits per heavy atom. The zero-order chi connectivity index (χ0) is 15.6. The summed E-state index contributed by atoms with van der Waals surface area (Å²) in [6, 6.07) is 14.3. The summed E-state index contributed by atoms with van der Waals surface area (Å²) in [5.74, 6) is -0.351. The van der Waals surface area contributed by atoms with Gasteiger partial charge in [-0.2, -0.15) is 0 Å². The van der Waals surface area contributed by atoms with Crippen LogP contribution in [0.5, 0.6) is 0 Å². The molecule has 1 atom stereocenters. The van der Waals surface area contributed by atoms with Gasteiger partial charge in [0.15, 0.2) is 0 Å². The SMILES string of the molecule is COP(=O)(OC)C(c1cccc2ccccc12)N1CCCC1. The highest BCUT2D eigenvalue weighted by Gasteiger charge is 2.41. The first-order valence-corrected chi connectivity index (χ1v) is 9.23. The van der Waals surface area contributed by atoms with Crippen molar-refractivity contribution in [3.8, 4) is 0 Å². The molecule has 0 saturated carbocycles. The van der Waals surface area contributed by atoms with Crippen molar-refractivity contribution in [3.63, 3.8) is 0 Å². The van der Waals surface area contributed by atoms with Crippen LogP contribution in [0.25, 0.3) is 10.8 Å². The van der Waals surface area contributed by atoms with Crippen LogP contribution in [0.4, 0.5) is 0 Å². The highest BCUT2D eigenvalue weighted by molar-refractivity contribution is 7.54. The van der Waals surface area contributed by atoms with Crippen molar-refractivity contribution in [3.05, 3.63) is 48.0 Å². The molecule has 0 bridgehead atoms. The Hall–Kier alpha value is -1.19. The molecule has 0 N–H and O–H groups in total. The molecule has 4 nitrogen and oxygen atoms in total. The summed E-state index contributed by atoms with van der Waals surface area (Å²) in [4.78, 5) is 2.23. The number of benzene rings is 2. The Bertz CT molecular complexity index is 684. The number of likely N-dealkylation sites (tertiary alicyclic amines) is 1. The first kappa shape index (κ1) is 15.7. The molecular formula is C17H22NO3P. The van der Waals surface area contributed by atoms with Gasteiger partial charge in [0, 0.05) is 14.2 Å². The van der Waals surface area contributed by atoms with Crippen LogP contribution in [0, 0.1) is 0 Å². The number of rotatable bonds is 5. The third-order valence-corrected chi connectivity index (χ3v) is 6.62. The third-order valence-electron chi connectivity index (χ3n) is 4.40. The van der Waals surface area contributed by atoms with Crippen molar-refractivity contribution in [2.75, 3.05) is 27.3 Å². The summed E-state index contributed by atoms with van der Waals surface area (Å²) in [5, 5.41) is 2.25. The minimum absolute atomic E-state index is 0.351. The lowest BCUT2D eigenvalue weighted by Gasteiger charge is -2.32. The van der Waals surface area contributed by atoms with Gasteiger partial charge in [0.25, 0.3) is 0 Å². The summed E-state index contributed by atoms with van der Waals surface area (Å²) in [5.41, 5.74) is 1.02. The molecule has 1 unspecified atom stereocenters. The standard InChI is InChI=1S/C17H22NO3P/c1-20-22(19,21-2)17(18-12-5-6-13-18)16-11-7-9-14-8-3-4-10-15(14)16/h3-4,7-11,17H,5-6,12-13H2,1-2H3. The van der Waals surface area contributed by atoms with E-state index in [1.54, 1.807) is 0 Å². The van der Waals surface area contributed by atoms with Gasteiger partial charge in [0.2, 0.25) is 0 Å². The summed E-state index contributed by atoms with van der Waals surface area (Å²) >= 11 is 0. The lowest BCUT2D eigenvalue weighted by molar-refractivity contribution is 0.212. The molecule has 1 aliphatic rings. The molecule has 0 aromatic heterocycles. The molecule has 1 saturated heterocycles. The first-order valence-electron chi connectivity index (χ1n) is 7.62. The van der Waals surface area contributed by atoms with E-state index in [1.807, 2.05) is 24.3 Å².